The van der Waals surface area contributed by atoms with Gasteiger partial charge < -0.3 is 14.4 Å². The summed E-state index contributed by atoms with van der Waals surface area (Å²) in [5.41, 5.74) is 0. The fourth-order valence-electron chi connectivity index (χ4n) is 2.35. The number of morpholine rings is 1. The molecule has 1 aliphatic heterocycles. The van der Waals surface area contributed by atoms with E-state index in [4.69, 9.17) is 9.26 Å². The van der Waals surface area contributed by atoms with Crippen molar-refractivity contribution in [1.29, 1.82) is 0 Å². The molecule has 1 fully saturated rings. The van der Waals surface area contributed by atoms with Crippen molar-refractivity contribution in [3.05, 3.63) is 11.7 Å². The van der Waals surface area contributed by atoms with Crippen molar-refractivity contribution in [2.75, 3.05) is 19.7 Å². The second-order valence-electron chi connectivity index (χ2n) is 5.15. The van der Waals surface area contributed by atoms with Crippen LogP contribution in [0.1, 0.15) is 38.4 Å². The smallest absolute Gasteiger partial charge is 0.240 e. The molecule has 0 radical (unpaired) electrons. The Labute approximate surface area is 113 Å². The summed E-state index contributed by atoms with van der Waals surface area (Å²) >= 11 is 0. The van der Waals surface area contributed by atoms with E-state index in [0.717, 1.165) is 31.6 Å². The Morgan fingerprint density at radius 1 is 1.42 bits per heavy atom. The van der Waals surface area contributed by atoms with E-state index in [9.17, 15) is 5.11 Å². The van der Waals surface area contributed by atoms with Crippen LogP contribution in [0.4, 0.5) is 0 Å². The molecular weight excluding hydrogens is 246 g/mol. The molecule has 1 aromatic rings. The quantitative estimate of drug-likeness (QED) is 0.830. The van der Waals surface area contributed by atoms with Crippen LogP contribution in [-0.4, -0.2) is 52.1 Å². The van der Waals surface area contributed by atoms with Crippen molar-refractivity contribution < 1.29 is 14.4 Å². The van der Waals surface area contributed by atoms with Crippen LogP contribution in [0, 0.1) is 0 Å². The highest BCUT2D eigenvalue weighted by molar-refractivity contribution is 4.88. The van der Waals surface area contributed by atoms with Crippen LogP contribution in [-0.2, 0) is 17.7 Å². The van der Waals surface area contributed by atoms with E-state index in [1.807, 2.05) is 6.92 Å². The van der Waals surface area contributed by atoms with Crippen LogP contribution in [0.15, 0.2) is 4.52 Å². The van der Waals surface area contributed by atoms with Crippen molar-refractivity contribution in [2.45, 2.75) is 51.9 Å². The topological polar surface area (TPSA) is 71.6 Å². The Bertz CT molecular complexity index is 383. The molecule has 2 unspecified atom stereocenters. The Balaban J connectivity index is 1.87. The maximum Gasteiger partial charge on any atom is 0.240 e. The van der Waals surface area contributed by atoms with Crippen LogP contribution >= 0.6 is 0 Å². The first kappa shape index (κ1) is 14.4. The largest absolute Gasteiger partial charge is 0.394 e. The van der Waals surface area contributed by atoms with E-state index in [0.29, 0.717) is 19.0 Å². The van der Waals surface area contributed by atoms with Gasteiger partial charge in [-0.2, -0.15) is 4.98 Å². The summed E-state index contributed by atoms with van der Waals surface area (Å²) in [6, 6.07) is 0. The maximum absolute atomic E-state index is 9.19. The molecule has 1 N–H and O–H groups in total. The number of hydrogen-bond acceptors (Lipinski definition) is 6. The highest BCUT2D eigenvalue weighted by Crippen LogP contribution is 2.13. The van der Waals surface area contributed by atoms with Crippen molar-refractivity contribution in [3.63, 3.8) is 0 Å². The molecule has 2 rings (SSSR count). The molecule has 6 heteroatoms. The van der Waals surface area contributed by atoms with Crippen LogP contribution in [0.25, 0.3) is 0 Å². The zero-order valence-electron chi connectivity index (χ0n) is 11.7. The summed E-state index contributed by atoms with van der Waals surface area (Å²) in [7, 11) is 0. The van der Waals surface area contributed by atoms with Crippen molar-refractivity contribution in [3.8, 4) is 0 Å². The number of aryl methyl sites for hydroxylation is 1. The number of aromatic nitrogens is 2. The van der Waals surface area contributed by atoms with E-state index in [1.165, 1.54) is 0 Å². The first-order chi connectivity index (χ1) is 9.21. The molecule has 0 amide bonds. The third-order valence-electron chi connectivity index (χ3n) is 3.23. The monoisotopic (exact) mass is 269 g/mol. The van der Waals surface area contributed by atoms with E-state index in [-0.39, 0.29) is 18.8 Å². The molecule has 0 aromatic carbocycles. The van der Waals surface area contributed by atoms with Crippen LogP contribution in [0.2, 0.25) is 0 Å². The maximum atomic E-state index is 9.19. The molecule has 108 valence electrons. The molecule has 19 heavy (non-hydrogen) atoms. The van der Waals surface area contributed by atoms with Gasteiger partial charge in [0.15, 0.2) is 5.82 Å². The number of aliphatic hydroxyl groups excluding tert-OH is 1. The predicted octanol–water partition coefficient (Wildman–Crippen LogP) is 0.994. The lowest BCUT2D eigenvalue weighted by Gasteiger charge is -2.35. The zero-order chi connectivity index (χ0) is 13.7. The van der Waals surface area contributed by atoms with Gasteiger partial charge in [0.25, 0.3) is 0 Å². The fourth-order valence-corrected chi connectivity index (χ4v) is 2.35. The lowest BCUT2D eigenvalue weighted by Crippen LogP contribution is -2.47. The molecule has 0 aliphatic carbocycles. The number of nitrogens with zero attached hydrogens (tertiary/aromatic N) is 3. The predicted molar refractivity (Wildman–Crippen MR) is 69.6 cm³/mol. The highest BCUT2D eigenvalue weighted by Gasteiger charge is 2.25. The summed E-state index contributed by atoms with van der Waals surface area (Å²) in [5.74, 6) is 1.44. The molecular formula is C13H23N3O3. The molecule has 0 bridgehead atoms. The SMILES string of the molecule is CCCCc1noc(CN2CC(C)OC(CO)C2)n1. The Hall–Kier alpha value is -0.980. The first-order valence-corrected chi connectivity index (χ1v) is 7.01. The number of aliphatic hydroxyl groups is 1. The average molecular weight is 269 g/mol. The minimum absolute atomic E-state index is 0.0480. The number of ether oxygens (including phenoxy) is 1. The number of hydrogen-bond donors (Lipinski definition) is 1. The molecule has 1 aromatic heterocycles. The minimum atomic E-state index is -0.119. The Morgan fingerprint density at radius 3 is 3.00 bits per heavy atom. The molecule has 2 atom stereocenters. The van der Waals surface area contributed by atoms with Crippen LogP contribution < -0.4 is 0 Å². The van der Waals surface area contributed by atoms with Gasteiger partial charge in [-0.15, -0.1) is 0 Å². The van der Waals surface area contributed by atoms with E-state index in [2.05, 4.69) is 22.0 Å². The molecule has 0 saturated carbocycles. The van der Waals surface area contributed by atoms with Gasteiger partial charge in [0.1, 0.15) is 0 Å². The Kier molecular flexibility index (Phi) is 5.30. The van der Waals surface area contributed by atoms with Gasteiger partial charge >= 0.3 is 0 Å². The van der Waals surface area contributed by atoms with Crippen molar-refractivity contribution in [1.82, 2.24) is 15.0 Å². The highest BCUT2D eigenvalue weighted by atomic mass is 16.5. The molecule has 1 saturated heterocycles. The summed E-state index contributed by atoms with van der Waals surface area (Å²) in [4.78, 5) is 6.58. The molecule has 0 spiro atoms. The summed E-state index contributed by atoms with van der Waals surface area (Å²) < 4.78 is 10.9. The zero-order valence-corrected chi connectivity index (χ0v) is 11.7. The third-order valence-corrected chi connectivity index (χ3v) is 3.23. The summed E-state index contributed by atoms with van der Waals surface area (Å²) in [5, 5.41) is 13.2. The lowest BCUT2D eigenvalue weighted by molar-refractivity contribution is -0.0988. The fraction of sp³-hybridized carbons (Fsp3) is 0.846. The van der Waals surface area contributed by atoms with Gasteiger partial charge in [0, 0.05) is 19.5 Å². The van der Waals surface area contributed by atoms with Gasteiger partial charge in [0.2, 0.25) is 5.89 Å². The first-order valence-electron chi connectivity index (χ1n) is 7.01. The van der Waals surface area contributed by atoms with Crippen LogP contribution in [0.3, 0.4) is 0 Å². The lowest BCUT2D eigenvalue weighted by atomic mass is 10.2. The Morgan fingerprint density at radius 2 is 2.26 bits per heavy atom. The normalized spacial score (nSPS) is 24.8. The van der Waals surface area contributed by atoms with E-state index < -0.39 is 0 Å². The van der Waals surface area contributed by atoms with Crippen LogP contribution in [0.5, 0.6) is 0 Å². The number of unbranched alkanes of at least 4 members (excludes halogenated alkanes) is 1. The van der Waals surface area contributed by atoms with Gasteiger partial charge in [0.05, 0.1) is 25.4 Å². The minimum Gasteiger partial charge on any atom is -0.394 e. The summed E-state index contributed by atoms with van der Waals surface area (Å²) in [6.45, 7) is 6.35. The van der Waals surface area contributed by atoms with Gasteiger partial charge in [-0.1, -0.05) is 18.5 Å². The second-order valence-corrected chi connectivity index (χ2v) is 5.15. The van der Waals surface area contributed by atoms with E-state index in [1.54, 1.807) is 0 Å². The summed E-state index contributed by atoms with van der Waals surface area (Å²) in [6.07, 6.45) is 3.08. The average Bonchev–Trinajstić information content (AvgIpc) is 2.83. The standard InChI is InChI=1S/C13H23N3O3/c1-3-4-5-12-14-13(19-15-12)8-16-6-10(2)18-11(7-16)9-17/h10-11,17H,3-9H2,1-2H3. The van der Waals surface area contributed by atoms with Crippen molar-refractivity contribution in [2.24, 2.45) is 0 Å². The molecule has 6 nitrogen and oxygen atoms in total. The molecule has 1 aliphatic rings. The van der Waals surface area contributed by atoms with Gasteiger partial charge in [-0.25, -0.2) is 0 Å². The number of rotatable bonds is 6. The van der Waals surface area contributed by atoms with Gasteiger partial charge in [-0.3, -0.25) is 4.90 Å². The van der Waals surface area contributed by atoms with Crippen molar-refractivity contribution >= 4 is 0 Å². The van der Waals surface area contributed by atoms with Gasteiger partial charge in [-0.05, 0) is 13.3 Å². The molecule has 2 heterocycles. The van der Waals surface area contributed by atoms with E-state index >= 15 is 0 Å². The third kappa shape index (κ3) is 4.26. The second kappa shape index (κ2) is 6.98.